The molecular weight excluding hydrogens is 200 g/mol. The highest BCUT2D eigenvalue weighted by molar-refractivity contribution is 5.23. The zero-order valence-corrected chi connectivity index (χ0v) is 10.5. The van der Waals surface area contributed by atoms with Gasteiger partial charge in [-0.1, -0.05) is 19.0 Å². The minimum atomic E-state index is 0.629. The summed E-state index contributed by atoms with van der Waals surface area (Å²) in [7, 11) is 0. The monoisotopic (exact) mass is 222 g/mol. The smallest absolute Gasteiger partial charge is 0.141 e. The molecular formula is C13H22N2O. The molecule has 1 saturated carbocycles. The first-order valence-corrected chi connectivity index (χ1v) is 6.45. The Bertz CT molecular complexity index is 320. The van der Waals surface area contributed by atoms with E-state index >= 15 is 0 Å². The van der Waals surface area contributed by atoms with Gasteiger partial charge >= 0.3 is 0 Å². The molecule has 1 aromatic rings. The highest BCUT2D eigenvalue weighted by Crippen LogP contribution is 2.32. The summed E-state index contributed by atoms with van der Waals surface area (Å²) in [4.78, 5) is 0. The van der Waals surface area contributed by atoms with Crippen molar-refractivity contribution in [2.75, 3.05) is 0 Å². The van der Waals surface area contributed by atoms with Crippen molar-refractivity contribution in [1.29, 1.82) is 0 Å². The average Bonchev–Trinajstić information content (AvgIpc) is 3.07. The van der Waals surface area contributed by atoms with Crippen LogP contribution in [0.1, 0.15) is 50.6 Å². The summed E-state index contributed by atoms with van der Waals surface area (Å²) < 4.78 is 5.35. The van der Waals surface area contributed by atoms with Crippen molar-refractivity contribution in [2.45, 2.75) is 59.0 Å². The predicted octanol–water partition coefficient (Wildman–Crippen LogP) is 2.69. The third-order valence-corrected chi connectivity index (χ3v) is 3.54. The van der Waals surface area contributed by atoms with Gasteiger partial charge in [0.25, 0.3) is 0 Å². The molecule has 0 aliphatic heterocycles. The van der Waals surface area contributed by atoms with Crippen LogP contribution in [0, 0.1) is 5.92 Å². The van der Waals surface area contributed by atoms with Gasteiger partial charge in [-0.15, -0.1) is 0 Å². The molecule has 1 aliphatic rings. The quantitative estimate of drug-likeness (QED) is 0.804. The van der Waals surface area contributed by atoms with Gasteiger partial charge in [-0.05, 0) is 32.1 Å². The molecule has 1 fully saturated rings. The van der Waals surface area contributed by atoms with Crippen LogP contribution in [-0.2, 0) is 19.4 Å². The molecule has 0 spiro atoms. The van der Waals surface area contributed by atoms with E-state index in [9.17, 15) is 0 Å². The van der Waals surface area contributed by atoms with Crippen LogP contribution < -0.4 is 5.32 Å². The average molecular weight is 222 g/mol. The zero-order chi connectivity index (χ0) is 11.5. The normalized spacial score (nSPS) is 17.7. The second kappa shape index (κ2) is 5.00. The standard InChI is InChI=1S/C13H22N2O/c1-4-12-11(13(5-2)16-15-12)8-14-9(3)10-6-7-10/h9-10,14H,4-8H2,1-3H3/t9-/m0/s1. The Morgan fingerprint density at radius 3 is 2.69 bits per heavy atom. The van der Waals surface area contributed by atoms with Gasteiger partial charge in [0, 0.05) is 24.6 Å². The maximum atomic E-state index is 5.35. The van der Waals surface area contributed by atoms with Crippen LogP contribution in [0.4, 0.5) is 0 Å². The molecule has 0 bridgehead atoms. The van der Waals surface area contributed by atoms with E-state index in [1.165, 1.54) is 18.4 Å². The fraction of sp³-hybridized carbons (Fsp3) is 0.769. The van der Waals surface area contributed by atoms with E-state index < -0.39 is 0 Å². The van der Waals surface area contributed by atoms with Crippen LogP contribution in [0.3, 0.4) is 0 Å². The van der Waals surface area contributed by atoms with Gasteiger partial charge < -0.3 is 9.84 Å². The van der Waals surface area contributed by atoms with Gasteiger partial charge in [0.1, 0.15) is 5.76 Å². The summed E-state index contributed by atoms with van der Waals surface area (Å²) >= 11 is 0. The summed E-state index contributed by atoms with van der Waals surface area (Å²) in [6.45, 7) is 7.44. The second-order valence-corrected chi connectivity index (χ2v) is 4.75. The van der Waals surface area contributed by atoms with Crippen molar-refractivity contribution in [2.24, 2.45) is 5.92 Å². The first kappa shape index (κ1) is 11.6. The number of aryl methyl sites for hydroxylation is 2. The van der Waals surface area contributed by atoms with Gasteiger partial charge in [0.05, 0.1) is 5.69 Å². The lowest BCUT2D eigenvalue weighted by molar-refractivity contribution is 0.379. The van der Waals surface area contributed by atoms with Crippen LogP contribution in [0.2, 0.25) is 0 Å². The Balaban J connectivity index is 1.97. The SMILES string of the molecule is CCc1noc(CC)c1CN[C@@H](C)C1CC1. The number of nitrogens with one attached hydrogen (secondary N) is 1. The molecule has 0 saturated heterocycles. The third kappa shape index (κ3) is 2.46. The van der Waals surface area contributed by atoms with Crippen molar-refractivity contribution < 1.29 is 4.52 Å². The van der Waals surface area contributed by atoms with E-state index in [2.05, 4.69) is 31.2 Å². The number of aromatic nitrogens is 1. The van der Waals surface area contributed by atoms with Crippen molar-refractivity contribution in [3.05, 3.63) is 17.0 Å². The summed E-state index contributed by atoms with van der Waals surface area (Å²) in [5.41, 5.74) is 2.41. The van der Waals surface area contributed by atoms with Crippen LogP contribution in [0.25, 0.3) is 0 Å². The molecule has 0 radical (unpaired) electrons. The fourth-order valence-corrected chi connectivity index (χ4v) is 2.16. The molecule has 1 N–H and O–H groups in total. The largest absolute Gasteiger partial charge is 0.361 e. The molecule has 1 atom stereocenters. The molecule has 1 aliphatic carbocycles. The molecule has 1 aromatic heterocycles. The maximum Gasteiger partial charge on any atom is 0.141 e. The highest BCUT2D eigenvalue weighted by atomic mass is 16.5. The Morgan fingerprint density at radius 2 is 2.12 bits per heavy atom. The molecule has 3 heteroatoms. The maximum absolute atomic E-state index is 5.35. The second-order valence-electron chi connectivity index (χ2n) is 4.75. The lowest BCUT2D eigenvalue weighted by Gasteiger charge is -2.12. The summed E-state index contributed by atoms with van der Waals surface area (Å²) in [5.74, 6) is 1.95. The molecule has 16 heavy (non-hydrogen) atoms. The van der Waals surface area contributed by atoms with Crippen LogP contribution in [0.15, 0.2) is 4.52 Å². The van der Waals surface area contributed by atoms with Crippen LogP contribution in [0.5, 0.6) is 0 Å². The molecule has 1 heterocycles. The first-order valence-electron chi connectivity index (χ1n) is 6.45. The van der Waals surface area contributed by atoms with E-state index in [1.54, 1.807) is 0 Å². The topological polar surface area (TPSA) is 38.1 Å². The van der Waals surface area contributed by atoms with E-state index in [0.29, 0.717) is 6.04 Å². The Hall–Kier alpha value is -0.830. The number of hydrogen-bond donors (Lipinski definition) is 1. The number of rotatable bonds is 6. The lowest BCUT2D eigenvalue weighted by atomic mass is 10.1. The predicted molar refractivity (Wildman–Crippen MR) is 64.3 cm³/mol. The first-order chi connectivity index (χ1) is 7.76. The van der Waals surface area contributed by atoms with Gasteiger partial charge in [-0.3, -0.25) is 0 Å². The third-order valence-electron chi connectivity index (χ3n) is 3.54. The van der Waals surface area contributed by atoms with E-state index in [0.717, 1.165) is 36.8 Å². The van der Waals surface area contributed by atoms with Crippen LogP contribution >= 0.6 is 0 Å². The molecule has 0 aromatic carbocycles. The lowest BCUT2D eigenvalue weighted by Crippen LogP contribution is -2.27. The van der Waals surface area contributed by atoms with E-state index in [4.69, 9.17) is 4.52 Å². The Kier molecular flexibility index (Phi) is 3.64. The molecule has 0 amide bonds. The van der Waals surface area contributed by atoms with E-state index in [-0.39, 0.29) is 0 Å². The van der Waals surface area contributed by atoms with E-state index in [1.807, 2.05) is 0 Å². The van der Waals surface area contributed by atoms with Gasteiger partial charge in [-0.2, -0.15) is 0 Å². The Morgan fingerprint density at radius 1 is 1.38 bits per heavy atom. The van der Waals surface area contributed by atoms with Crippen molar-refractivity contribution >= 4 is 0 Å². The number of nitrogens with zero attached hydrogens (tertiary/aromatic N) is 1. The highest BCUT2D eigenvalue weighted by Gasteiger charge is 2.27. The molecule has 90 valence electrons. The summed E-state index contributed by atoms with van der Waals surface area (Å²) in [6.07, 6.45) is 4.66. The molecule has 2 rings (SSSR count). The minimum Gasteiger partial charge on any atom is -0.361 e. The summed E-state index contributed by atoms with van der Waals surface area (Å²) in [6, 6.07) is 0.629. The number of hydrogen-bond acceptors (Lipinski definition) is 3. The summed E-state index contributed by atoms with van der Waals surface area (Å²) in [5, 5.41) is 7.73. The van der Waals surface area contributed by atoms with Crippen molar-refractivity contribution in [3.63, 3.8) is 0 Å². The van der Waals surface area contributed by atoms with Gasteiger partial charge in [0.2, 0.25) is 0 Å². The molecule has 0 unspecified atom stereocenters. The van der Waals surface area contributed by atoms with Gasteiger partial charge in [0.15, 0.2) is 0 Å². The van der Waals surface area contributed by atoms with Crippen molar-refractivity contribution in [3.8, 4) is 0 Å². The van der Waals surface area contributed by atoms with Crippen molar-refractivity contribution in [1.82, 2.24) is 10.5 Å². The van der Waals surface area contributed by atoms with Crippen LogP contribution in [-0.4, -0.2) is 11.2 Å². The fourth-order valence-electron chi connectivity index (χ4n) is 2.16. The molecule has 3 nitrogen and oxygen atoms in total. The minimum absolute atomic E-state index is 0.629. The Labute approximate surface area is 97.6 Å². The van der Waals surface area contributed by atoms with Gasteiger partial charge in [-0.25, -0.2) is 0 Å². The zero-order valence-electron chi connectivity index (χ0n) is 10.5.